The van der Waals surface area contributed by atoms with Crippen LogP contribution in [0.3, 0.4) is 0 Å². The molecule has 2 aromatic carbocycles. The van der Waals surface area contributed by atoms with Gasteiger partial charge < -0.3 is 0 Å². The number of para-hydroxylation sites is 1. The number of alkyl halides is 3. The minimum absolute atomic E-state index is 0.106. The van der Waals surface area contributed by atoms with Crippen molar-refractivity contribution in [2.24, 2.45) is 5.10 Å². The van der Waals surface area contributed by atoms with Gasteiger partial charge in [-0.1, -0.05) is 42.0 Å². The summed E-state index contributed by atoms with van der Waals surface area (Å²) in [4.78, 5) is 7.34. The van der Waals surface area contributed by atoms with Crippen LogP contribution in [0.15, 0.2) is 53.6 Å². The number of anilines is 1. The molecule has 0 fully saturated rings. The van der Waals surface area contributed by atoms with Gasteiger partial charge in [-0.2, -0.15) is 18.3 Å². The average Bonchev–Trinajstić information content (AvgIpc) is 2.60. The molecule has 0 atom stereocenters. The van der Waals surface area contributed by atoms with Gasteiger partial charge in [-0.25, -0.2) is 9.97 Å². The summed E-state index contributed by atoms with van der Waals surface area (Å²) in [5, 5.41) is 6.27. The van der Waals surface area contributed by atoms with Crippen molar-refractivity contribution in [1.29, 1.82) is 0 Å². The summed E-state index contributed by atoms with van der Waals surface area (Å²) in [5.74, 6) is -1.07. The summed E-state index contributed by atoms with van der Waals surface area (Å²) in [6.45, 7) is 3.78. The van der Waals surface area contributed by atoms with Crippen molar-refractivity contribution < 1.29 is 13.2 Å². The van der Waals surface area contributed by atoms with Crippen molar-refractivity contribution >= 4 is 22.4 Å². The molecule has 7 heteroatoms. The minimum atomic E-state index is -4.63. The molecule has 26 heavy (non-hydrogen) atoms. The quantitative estimate of drug-likeness (QED) is 0.498. The first kappa shape index (κ1) is 17.8. The van der Waals surface area contributed by atoms with Crippen molar-refractivity contribution in [1.82, 2.24) is 9.97 Å². The first-order chi connectivity index (χ1) is 12.3. The molecule has 3 rings (SSSR count). The Balaban J connectivity index is 2.08. The zero-order valence-corrected chi connectivity index (χ0v) is 14.5. The lowest BCUT2D eigenvalue weighted by Crippen LogP contribution is -2.18. The topological polar surface area (TPSA) is 41.4 Å². The number of hydrogen-bond acceptors (Lipinski definition) is 4. The molecule has 0 unspecified atom stereocenters. The Hall–Kier alpha value is -2.96. The van der Waals surface area contributed by atoms with E-state index in [4.69, 9.17) is 0 Å². The zero-order chi connectivity index (χ0) is 18.9. The van der Waals surface area contributed by atoms with E-state index in [-0.39, 0.29) is 11.3 Å². The van der Waals surface area contributed by atoms with E-state index in [9.17, 15) is 13.2 Å². The highest BCUT2D eigenvalue weighted by Crippen LogP contribution is 2.31. The molecule has 0 amide bonds. The summed E-state index contributed by atoms with van der Waals surface area (Å²) in [6, 6.07) is 14.3. The molecule has 0 bridgehead atoms. The number of rotatable bonds is 3. The number of fused-ring (bicyclic) bond motifs is 1. The van der Waals surface area contributed by atoms with Gasteiger partial charge in [0.2, 0.25) is 5.82 Å². The van der Waals surface area contributed by atoms with Crippen molar-refractivity contribution in [2.45, 2.75) is 20.0 Å². The molecule has 1 heterocycles. The number of nitrogens with zero attached hydrogens (tertiary/aromatic N) is 4. The van der Waals surface area contributed by atoms with E-state index in [2.05, 4.69) is 15.1 Å². The molecule has 0 radical (unpaired) electrons. The van der Waals surface area contributed by atoms with Gasteiger partial charge in [0, 0.05) is 12.4 Å². The van der Waals surface area contributed by atoms with Crippen LogP contribution in [-0.4, -0.2) is 22.7 Å². The Labute approximate surface area is 149 Å². The van der Waals surface area contributed by atoms with Gasteiger partial charge in [-0.05, 0) is 31.5 Å². The predicted molar refractivity (Wildman–Crippen MR) is 96.3 cm³/mol. The number of halogens is 3. The minimum Gasteiger partial charge on any atom is -0.250 e. The van der Waals surface area contributed by atoms with Gasteiger partial charge in [-0.3, -0.25) is 5.01 Å². The van der Waals surface area contributed by atoms with E-state index >= 15 is 0 Å². The molecular weight excluding hydrogens is 341 g/mol. The van der Waals surface area contributed by atoms with E-state index < -0.39 is 12.0 Å². The lowest BCUT2D eigenvalue weighted by atomic mass is 10.1. The first-order valence-electron chi connectivity index (χ1n) is 7.95. The summed E-state index contributed by atoms with van der Waals surface area (Å²) >= 11 is 0. The van der Waals surface area contributed by atoms with Crippen LogP contribution in [0, 0.1) is 6.92 Å². The third-order valence-electron chi connectivity index (χ3n) is 3.91. The first-order valence-corrected chi connectivity index (χ1v) is 7.95. The Morgan fingerprint density at radius 2 is 1.65 bits per heavy atom. The predicted octanol–water partition coefficient (Wildman–Crippen LogP) is 4.82. The number of hydrogen-bond donors (Lipinski definition) is 0. The van der Waals surface area contributed by atoms with Gasteiger partial charge in [0.15, 0.2) is 5.82 Å². The van der Waals surface area contributed by atoms with Crippen molar-refractivity contribution in [3.05, 3.63) is 65.5 Å². The fourth-order valence-corrected chi connectivity index (χ4v) is 2.56. The van der Waals surface area contributed by atoms with E-state index in [1.807, 2.05) is 31.2 Å². The maximum Gasteiger partial charge on any atom is 0.451 e. The van der Waals surface area contributed by atoms with E-state index in [1.54, 1.807) is 32.2 Å². The summed E-state index contributed by atoms with van der Waals surface area (Å²) in [7, 11) is 1.58. The lowest BCUT2D eigenvalue weighted by molar-refractivity contribution is -0.144. The van der Waals surface area contributed by atoms with Gasteiger partial charge in [0.1, 0.15) is 0 Å². The van der Waals surface area contributed by atoms with Crippen LogP contribution >= 0.6 is 0 Å². The fraction of sp³-hybridized carbons (Fsp3) is 0.211. The molecule has 0 aliphatic carbocycles. The number of benzene rings is 2. The second-order valence-corrected chi connectivity index (χ2v) is 5.96. The van der Waals surface area contributed by atoms with Crippen LogP contribution in [0.1, 0.15) is 23.9 Å². The lowest BCUT2D eigenvalue weighted by Gasteiger charge is -2.17. The van der Waals surface area contributed by atoms with Gasteiger partial charge in [0.25, 0.3) is 0 Å². The molecule has 0 spiro atoms. The number of aryl methyl sites for hydroxylation is 1. The van der Waals surface area contributed by atoms with Crippen LogP contribution in [0.25, 0.3) is 10.9 Å². The van der Waals surface area contributed by atoms with Crippen LogP contribution in [0.5, 0.6) is 0 Å². The Morgan fingerprint density at radius 1 is 1.00 bits per heavy atom. The van der Waals surface area contributed by atoms with Crippen molar-refractivity contribution in [3.63, 3.8) is 0 Å². The summed E-state index contributed by atoms with van der Waals surface area (Å²) < 4.78 is 39.4. The Morgan fingerprint density at radius 3 is 2.31 bits per heavy atom. The standard InChI is InChI=1S/C19H17F3N4/c1-12-8-10-14(11-9-12)13(2)25-26(3)17-15-6-4-5-7-16(15)23-18(24-17)19(20,21)22/h4-11H,1-3H3. The van der Waals surface area contributed by atoms with Crippen LogP contribution < -0.4 is 5.01 Å². The van der Waals surface area contributed by atoms with E-state index in [1.165, 1.54) is 11.1 Å². The molecule has 0 aliphatic rings. The molecule has 3 aromatic rings. The molecule has 0 saturated heterocycles. The Bertz CT molecular complexity index is 963. The molecule has 4 nitrogen and oxygen atoms in total. The maximum absolute atomic E-state index is 13.1. The van der Waals surface area contributed by atoms with E-state index in [0.717, 1.165) is 11.1 Å². The highest BCUT2D eigenvalue weighted by molar-refractivity contribution is 5.99. The second kappa shape index (κ2) is 6.74. The van der Waals surface area contributed by atoms with Crippen LogP contribution in [-0.2, 0) is 6.18 Å². The maximum atomic E-state index is 13.1. The highest BCUT2D eigenvalue weighted by Gasteiger charge is 2.36. The average molecular weight is 358 g/mol. The smallest absolute Gasteiger partial charge is 0.250 e. The van der Waals surface area contributed by atoms with E-state index in [0.29, 0.717) is 11.1 Å². The third kappa shape index (κ3) is 3.66. The molecule has 0 saturated carbocycles. The number of hydrazone groups is 1. The largest absolute Gasteiger partial charge is 0.451 e. The summed E-state index contributed by atoms with van der Waals surface area (Å²) in [5.41, 5.74) is 2.90. The SMILES string of the molecule is CC(=NN(C)c1nc(C(F)(F)F)nc2ccccc12)c1ccc(C)cc1. The third-order valence-corrected chi connectivity index (χ3v) is 3.91. The van der Waals surface area contributed by atoms with Gasteiger partial charge >= 0.3 is 6.18 Å². The monoisotopic (exact) mass is 358 g/mol. The fourth-order valence-electron chi connectivity index (χ4n) is 2.56. The Kier molecular flexibility index (Phi) is 4.63. The molecule has 0 aliphatic heterocycles. The normalized spacial score (nSPS) is 12.5. The van der Waals surface area contributed by atoms with Gasteiger partial charge in [-0.15, -0.1) is 0 Å². The second-order valence-electron chi connectivity index (χ2n) is 5.96. The van der Waals surface area contributed by atoms with Crippen LogP contribution in [0.4, 0.5) is 19.0 Å². The van der Waals surface area contributed by atoms with Crippen molar-refractivity contribution in [3.8, 4) is 0 Å². The van der Waals surface area contributed by atoms with Crippen molar-refractivity contribution in [2.75, 3.05) is 12.1 Å². The summed E-state index contributed by atoms with van der Waals surface area (Å²) in [6.07, 6.45) is -4.63. The van der Waals surface area contributed by atoms with Gasteiger partial charge in [0.05, 0.1) is 11.2 Å². The van der Waals surface area contributed by atoms with Crippen LogP contribution in [0.2, 0.25) is 0 Å². The zero-order valence-electron chi connectivity index (χ0n) is 14.5. The highest BCUT2D eigenvalue weighted by atomic mass is 19.4. The molecular formula is C19H17F3N4. The molecule has 1 aromatic heterocycles. The molecule has 0 N–H and O–H groups in total. The molecule has 134 valence electrons. The number of aromatic nitrogens is 2.